The van der Waals surface area contributed by atoms with Crippen molar-refractivity contribution in [3.63, 3.8) is 0 Å². The van der Waals surface area contributed by atoms with Crippen molar-refractivity contribution in [1.82, 2.24) is 10.6 Å². The number of halogens is 1. The molecule has 0 spiro atoms. The first-order valence-electron chi connectivity index (χ1n) is 8.48. The number of furan rings is 1. The van der Waals surface area contributed by atoms with E-state index in [1.165, 1.54) is 11.3 Å². The van der Waals surface area contributed by atoms with E-state index in [9.17, 15) is 9.59 Å². The Morgan fingerprint density at radius 3 is 2.42 bits per heavy atom. The van der Waals surface area contributed by atoms with Crippen LogP contribution in [0.15, 0.2) is 28.0 Å². The van der Waals surface area contributed by atoms with Crippen LogP contribution in [-0.4, -0.2) is 31.0 Å². The summed E-state index contributed by atoms with van der Waals surface area (Å²) in [6, 6.07) is 5.17. The number of methoxy groups -OCH3 is 1. The van der Waals surface area contributed by atoms with Crippen LogP contribution in [0.25, 0.3) is 0 Å². The fourth-order valence-corrected chi connectivity index (χ4v) is 4.01. The lowest BCUT2D eigenvalue weighted by atomic mass is 9.91. The van der Waals surface area contributed by atoms with Crippen molar-refractivity contribution in [2.45, 2.75) is 44.4 Å². The predicted octanol–water partition coefficient (Wildman–Crippen LogP) is 3.61. The summed E-state index contributed by atoms with van der Waals surface area (Å²) in [6.45, 7) is 0.509. The Morgan fingerprint density at radius 1 is 1.19 bits per heavy atom. The molecule has 1 aliphatic rings. The number of ether oxygens (including phenoxy) is 1. The minimum Gasteiger partial charge on any atom is -0.440 e. The molecule has 3 rings (SSSR count). The first-order valence-corrected chi connectivity index (χ1v) is 9.74. The van der Waals surface area contributed by atoms with Crippen LogP contribution in [-0.2, 0) is 11.3 Å². The molecule has 0 bridgehead atoms. The van der Waals surface area contributed by atoms with Crippen LogP contribution in [0.5, 0.6) is 0 Å². The Labute approximate surface area is 160 Å². The molecule has 8 heteroatoms. The van der Waals surface area contributed by atoms with E-state index in [2.05, 4.69) is 10.6 Å². The predicted molar refractivity (Wildman–Crippen MR) is 99.7 cm³/mol. The molecular weight excluding hydrogens is 376 g/mol. The largest absolute Gasteiger partial charge is 0.440 e. The van der Waals surface area contributed by atoms with Gasteiger partial charge in [-0.2, -0.15) is 0 Å². The highest BCUT2D eigenvalue weighted by Gasteiger charge is 2.25. The second kappa shape index (κ2) is 8.70. The Bertz CT molecular complexity index is 765. The summed E-state index contributed by atoms with van der Waals surface area (Å²) >= 11 is 7.12. The van der Waals surface area contributed by atoms with Gasteiger partial charge in [-0.25, -0.2) is 0 Å². The van der Waals surface area contributed by atoms with Crippen LogP contribution in [0.4, 0.5) is 0 Å². The topological polar surface area (TPSA) is 80.6 Å². The standard InChI is InChI=1S/C18H21ClN2O4S/c1-24-9-11-8-15(26-10-11)18(23)21-13-4-2-12(3-5-13)20-17(22)14-6-7-16(19)25-14/h6-8,10,12-13H,2-5,9H2,1H3,(H,20,22)(H,21,23). The lowest BCUT2D eigenvalue weighted by Gasteiger charge is -2.29. The Hall–Kier alpha value is -1.83. The van der Waals surface area contributed by atoms with Crippen LogP contribution in [0.3, 0.4) is 0 Å². The van der Waals surface area contributed by atoms with Gasteiger partial charge in [0.15, 0.2) is 11.0 Å². The van der Waals surface area contributed by atoms with Gasteiger partial charge in [0, 0.05) is 19.2 Å². The SMILES string of the molecule is COCc1csc(C(=O)NC2CCC(NC(=O)c3ccc(Cl)o3)CC2)c1. The summed E-state index contributed by atoms with van der Waals surface area (Å²) in [5, 5.41) is 8.17. The lowest BCUT2D eigenvalue weighted by molar-refractivity contribution is 0.0876. The number of rotatable bonds is 6. The van der Waals surface area contributed by atoms with Gasteiger partial charge in [0.1, 0.15) is 0 Å². The van der Waals surface area contributed by atoms with E-state index in [-0.39, 0.29) is 34.9 Å². The van der Waals surface area contributed by atoms with Crippen molar-refractivity contribution in [3.05, 3.63) is 45.0 Å². The zero-order chi connectivity index (χ0) is 18.5. The fraction of sp³-hybridized carbons (Fsp3) is 0.444. The molecule has 6 nitrogen and oxygen atoms in total. The van der Waals surface area contributed by atoms with Gasteiger partial charge < -0.3 is 19.8 Å². The van der Waals surface area contributed by atoms with Gasteiger partial charge >= 0.3 is 0 Å². The monoisotopic (exact) mass is 396 g/mol. The molecule has 0 aliphatic heterocycles. The van der Waals surface area contributed by atoms with Gasteiger partial charge in [-0.05, 0) is 66.4 Å². The molecule has 2 heterocycles. The van der Waals surface area contributed by atoms with E-state index >= 15 is 0 Å². The van der Waals surface area contributed by atoms with E-state index in [1.807, 2.05) is 11.4 Å². The van der Waals surface area contributed by atoms with Crippen molar-refractivity contribution in [3.8, 4) is 0 Å². The quantitative estimate of drug-likeness (QED) is 0.781. The van der Waals surface area contributed by atoms with Gasteiger partial charge in [-0.3, -0.25) is 9.59 Å². The van der Waals surface area contributed by atoms with E-state index in [1.54, 1.807) is 19.2 Å². The van der Waals surface area contributed by atoms with Gasteiger partial charge in [-0.1, -0.05) is 0 Å². The third kappa shape index (κ3) is 4.87. The summed E-state index contributed by atoms with van der Waals surface area (Å²) in [6.07, 6.45) is 3.27. The van der Waals surface area contributed by atoms with E-state index in [4.69, 9.17) is 20.8 Å². The van der Waals surface area contributed by atoms with Gasteiger partial charge in [0.25, 0.3) is 11.8 Å². The number of amides is 2. The molecule has 1 aliphatic carbocycles. The van der Waals surface area contributed by atoms with Crippen molar-refractivity contribution in [1.29, 1.82) is 0 Å². The maximum Gasteiger partial charge on any atom is 0.287 e. The smallest absolute Gasteiger partial charge is 0.287 e. The molecule has 0 radical (unpaired) electrons. The van der Waals surface area contributed by atoms with Gasteiger partial charge in [0.2, 0.25) is 0 Å². The van der Waals surface area contributed by atoms with Crippen LogP contribution >= 0.6 is 22.9 Å². The molecular formula is C18H21ClN2O4S. The maximum absolute atomic E-state index is 12.3. The summed E-state index contributed by atoms with van der Waals surface area (Å²) in [7, 11) is 1.63. The molecule has 140 valence electrons. The third-order valence-corrected chi connectivity index (χ3v) is 5.56. The van der Waals surface area contributed by atoms with Crippen LogP contribution in [0.2, 0.25) is 5.22 Å². The molecule has 2 amide bonds. The molecule has 2 N–H and O–H groups in total. The zero-order valence-corrected chi connectivity index (χ0v) is 16.0. The second-order valence-corrected chi connectivity index (χ2v) is 7.64. The van der Waals surface area contributed by atoms with Crippen molar-refractivity contribution in [2.24, 2.45) is 0 Å². The van der Waals surface area contributed by atoms with E-state index < -0.39 is 0 Å². The van der Waals surface area contributed by atoms with Crippen LogP contribution in [0.1, 0.15) is 51.5 Å². The van der Waals surface area contributed by atoms with Crippen LogP contribution < -0.4 is 10.6 Å². The number of nitrogens with one attached hydrogen (secondary N) is 2. The first-order chi connectivity index (χ1) is 12.5. The van der Waals surface area contributed by atoms with Crippen molar-refractivity contribution >= 4 is 34.8 Å². The molecule has 1 fully saturated rings. The first kappa shape index (κ1) is 18.9. The Kier molecular flexibility index (Phi) is 6.34. The van der Waals surface area contributed by atoms with Gasteiger partial charge in [0.05, 0.1) is 11.5 Å². The molecule has 0 atom stereocenters. The Balaban J connectivity index is 1.44. The summed E-state index contributed by atoms with van der Waals surface area (Å²) in [5.41, 5.74) is 1.01. The maximum atomic E-state index is 12.3. The molecule has 2 aromatic rings. The highest BCUT2D eigenvalue weighted by atomic mass is 35.5. The number of hydrogen-bond acceptors (Lipinski definition) is 5. The number of carbonyl (C=O) groups is 2. The average Bonchev–Trinajstić information content (AvgIpc) is 3.26. The van der Waals surface area contributed by atoms with Crippen molar-refractivity contribution < 1.29 is 18.7 Å². The highest BCUT2D eigenvalue weighted by Crippen LogP contribution is 2.22. The minimum atomic E-state index is -0.256. The van der Waals surface area contributed by atoms with Gasteiger partial charge in [-0.15, -0.1) is 11.3 Å². The Morgan fingerprint density at radius 2 is 1.85 bits per heavy atom. The summed E-state index contributed by atoms with van der Waals surface area (Å²) in [5.74, 6) is -0.0845. The molecule has 0 unspecified atom stereocenters. The molecule has 0 saturated heterocycles. The second-order valence-electron chi connectivity index (χ2n) is 6.35. The molecule has 2 aromatic heterocycles. The van der Waals surface area contributed by atoms with Crippen molar-refractivity contribution in [2.75, 3.05) is 7.11 Å². The molecule has 0 aromatic carbocycles. The summed E-state index contributed by atoms with van der Waals surface area (Å²) < 4.78 is 10.2. The third-order valence-electron chi connectivity index (χ3n) is 4.38. The summed E-state index contributed by atoms with van der Waals surface area (Å²) in [4.78, 5) is 25.1. The van der Waals surface area contributed by atoms with E-state index in [0.717, 1.165) is 31.2 Å². The minimum absolute atomic E-state index is 0.0462. The van der Waals surface area contributed by atoms with E-state index in [0.29, 0.717) is 11.5 Å². The average molecular weight is 397 g/mol. The normalized spacial score (nSPS) is 19.9. The number of hydrogen-bond donors (Lipinski definition) is 2. The van der Waals surface area contributed by atoms with Crippen LogP contribution in [0, 0.1) is 0 Å². The fourth-order valence-electron chi connectivity index (χ4n) is 3.07. The molecule has 26 heavy (non-hydrogen) atoms. The lowest BCUT2D eigenvalue weighted by Crippen LogP contribution is -2.43. The number of carbonyl (C=O) groups excluding carboxylic acids is 2. The highest BCUT2D eigenvalue weighted by molar-refractivity contribution is 7.12. The zero-order valence-electron chi connectivity index (χ0n) is 14.4. The number of thiophene rings is 1. The molecule has 1 saturated carbocycles.